The first kappa shape index (κ1) is 21.7. The number of hydrogen-bond acceptors (Lipinski definition) is 1. The number of aliphatic hydroxyl groups is 1. The lowest BCUT2D eigenvalue weighted by Crippen LogP contribution is -2.50. The Morgan fingerprint density at radius 1 is 0.966 bits per heavy atom. The van der Waals surface area contributed by atoms with Crippen LogP contribution in [-0.4, -0.2) is 11.2 Å². The van der Waals surface area contributed by atoms with Gasteiger partial charge in [0.15, 0.2) is 0 Å². The van der Waals surface area contributed by atoms with E-state index in [1.54, 1.807) is 5.57 Å². The Bertz CT molecular complexity index is 659. The molecule has 0 aromatic carbocycles. The lowest BCUT2D eigenvalue weighted by Gasteiger charge is -2.58. The molecule has 0 saturated heterocycles. The van der Waals surface area contributed by atoms with E-state index in [9.17, 15) is 5.11 Å². The first-order valence-electron chi connectivity index (χ1n) is 12.7. The third-order valence-corrected chi connectivity index (χ3v) is 10.6. The highest BCUT2D eigenvalue weighted by atomic mass is 16.3. The van der Waals surface area contributed by atoms with E-state index in [4.69, 9.17) is 0 Å². The monoisotopic (exact) mass is 398 g/mol. The molecule has 4 aliphatic carbocycles. The Morgan fingerprint density at radius 3 is 2.45 bits per heavy atom. The Kier molecular flexibility index (Phi) is 5.86. The minimum Gasteiger partial charge on any atom is -0.393 e. The normalized spacial score (nSPS) is 46.8. The van der Waals surface area contributed by atoms with Crippen molar-refractivity contribution in [2.75, 3.05) is 0 Å². The van der Waals surface area contributed by atoms with Crippen LogP contribution in [0.1, 0.15) is 92.9 Å². The molecule has 9 atom stereocenters. The molecule has 0 radical (unpaired) electrons. The molecule has 1 N–H and O–H groups in total. The van der Waals surface area contributed by atoms with Crippen LogP contribution in [0, 0.1) is 52.3 Å². The maximum atomic E-state index is 10.2. The molecule has 0 aliphatic heterocycles. The molecule has 3 saturated carbocycles. The second-order valence-electron chi connectivity index (χ2n) is 12.2. The Morgan fingerprint density at radius 2 is 1.72 bits per heavy atom. The molecule has 3 fully saturated rings. The molecular weight excluding hydrogens is 352 g/mol. The summed E-state index contributed by atoms with van der Waals surface area (Å²) in [5, 5.41) is 10.2. The molecule has 0 heterocycles. The van der Waals surface area contributed by atoms with E-state index >= 15 is 0 Å². The molecular formula is C28H46O. The first-order valence-corrected chi connectivity index (χ1v) is 12.7. The summed E-state index contributed by atoms with van der Waals surface area (Å²) in [6.45, 7) is 14.7. The van der Waals surface area contributed by atoms with Crippen LogP contribution in [-0.2, 0) is 0 Å². The molecule has 4 rings (SSSR count). The predicted molar refractivity (Wildman–Crippen MR) is 124 cm³/mol. The highest BCUT2D eigenvalue weighted by Gasteiger charge is 2.58. The van der Waals surface area contributed by atoms with Gasteiger partial charge in [-0.25, -0.2) is 0 Å². The van der Waals surface area contributed by atoms with E-state index in [0.29, 0.717) is 22.7 Å². The van der Waals surface area contributed by atoms with Crippen molar-refractivity contribution in [1.29, 1.82) is 0 Å². The molecule has 29 heavy (non-hydrogen) atoms. The maximum Gasteiger partial charge on any atom is 0.0577 e. The van der Waals surface area contributed by atoms with E-state index in [2.05, 4.69) is 59.8 Å². The fourth-order valence-corrected chi connectivity index (χ4v) is 8.25. The summed E-state index contributed by atoms with van der Waals surface area (Å²) < 4.78 is 0. The van der Waals surface area contributed by atoms with Crippen molar-refractivity contribution in [2.45, 2.75) is 99.0 Å². The molecule has 1 nitrogen and oxygen atoms in total. The average molecular weight is 399 g/mol. The highest BCUT2D eigenvalue weighted by Crippen LogP contribution is 2.67. The van der Waals surface area contributed by atoms with Gasteiger partial charge in [0.1, 0.15) is 0 Å². The van der Waals surface area contributed by atoms with Crippen molar-refractivity contribution in [1.82, 2.24) is 0 Å². The van der Waals surface area contributed by atoms with Crippen molar-refractivity contribution >= 4 is 0 Å². The van der Waals surface area contributed by atoms with E-state index in [1.165, 1.54) is 38.5 Å². The topological polar surface area (TPSA) is 20.2 Å². The number of hydrogen-bond donors (Lipinski definition) is 1. The fourth-order valence-electron chi connectivity index (χ4n) is 8.25. The van der Waals surface area contributed by atoms with Crippen LogP contribution < -0.4 is 0 Å². The van der Waals surface area contributed by atoms with Crippen LogP contribution in [0.25, 0.3) is 0 Å². The third kappa shape index (κ3) is 3.58. The average Bonchev–Trinajstić information content (AvgIpc) is 3.03. The van der Waals surface area contributed by atoms with Crippen LogP contribution >= 0.6 is 0 Å². The molecule has 0 amide bonds. The van der Waals surface area contributed by atoms with Crippen molar-refractivity contribution in [3.8, 4) is 0 Å². The van der Waals surface area contributed by atoms with E-state index < -0.39 is 0 Å². The SMILES string of the molecule is CC(C)C(C)/C=C/C(C)C1CCC2C3CC=C4C[C@@H](O)CCC4(C)C3CCC12C. The van der Waals surface area contributed by atoms with Crippen LogP contribution in [0.3, 0.4) is 0 Å². The van der Waals surface area contributed by atoms with Crippen LogP contribution in [0.5, 0.6) is 0 Å². The summed E-state index contributed by atoms with van der Waals surface area (Å²) in [5.74, 6) is 5.63. The summed E-state index contributed by atoms with van der Waals surface area (Å²) in [5.41, 5.74) is 2.51. The Hall–Kier alpha value is -0.560. The smallest absolute Gasteiger partial charge is 0.0577 e. The first-order chi connectivity index (χ1) is 13.7. The molecule has 0 aromatic rings. The number of rotatable bonds is 4. The minimum absolute atomic E-state index is 0.0866. The molecule has 0 spiro atoms. The summed E-state index contributed by atoms with van der Waals surface area (Å²) >= 11 is 0. The number of allylic oxidation sites excluding steroid dienone is 3. The third-order valence-electron chi connectivity index (χ3n) is 10.6. The van der Waals surface area contributed by atoms with Gasteiger partial charge in [-0.2, -0.15) is 0 Å². The predicted octanol–water partition coefficient (Wildman–Crippen LogP) is 7.41. The lowest BCUT2D eigenvalue weighted by molar-refractivity contribution is -0.0540. The van der Waals surface area contributed by atoms with E-state index in [0.717, 1.165) is 42.4 Å². The largest absolute Gasteiger partial charge is 0.393 e. The summed E-state index contributed by atoms with van der Waals surface area (Å²) in [4.78, 5) is 0. The standard InChI is InChI=1S/C28H46O/c1-18(2)19(3)7-8-20(4)24-11-12-25-23-10-9-21-17-22(29)13-15-27(21,5)26(23)14-16-28(24,25)6/h7-9,18-20,22-26,29H,10-17H2,1-6H3/b8-7+/t19?,20?,22-,23?,24?,25?,26?,27?,28?/m0/s1. The van der Waals surface area contributed by atoms with Crippen LogP contribution in [0.15, 0.2) is 23.8 Å². The van der Waals surface area contributed by atoms with Gasteiger partial charge in [0.2, 0.25) is 0 Å². The molecule has 1 heteroatoms. The summed E-state index contributed by atoms with van der Waals surface area (Å²) in [7, 11) is 0. The minimum atomic E-state index is -0.0866. The van der Waals surface area contributed by atoms with Gasteiger partial charge in [-0.3, -0.25) is 0 Å². The Labute approximate surface area is 180 Å². The van der Waals surface area contributed by atoms with Crippen molar-refractivity contribution < 1.29 is 5.11 Å². The zero-order chi connectivity index (χ0) is 21.0. The van der Waals surface area contributed by atoms with Gasteiger partial charge in [-0.05, 0) is 104 Å². The van der Waals surface area contributed by atoms with Gasteiger partial charge in [0, 0.05) is 0 Å². The van der Waals surface area contributed by atoms with Crippen molar-refractivity contribution in [2.24, 2.45) is 52.3 Å². The molecule has 8 unspecified atom stereocenters. The second-order valence-corrected chi connectivity index (χ2v) is 12.2. The zero-order valence-corrected chi connectivity index (χ0v) is 20.0. The zero-order valence-electron chi connectivity index (χ0n) is 20.0. The van der Waals surface area contributed by atoms with Gasteiger partial charge >= 0.3 is 0 Å². The second kappa shape index (κ2) is 7.85. The molecule has 0 bridgehead atoms. The van der Waals surface area contributed by atoms with E-state index in [-0.39, 0.29) is 6.10 Å². The molecule has 4 aliphatic rings. The maximum absolute atomic E-state index is 10.2. The Balaban J connectivity index is 1.53. The fraction of sp³-hybridized carbons (Fsp3) is 0.857. The van der Waals surface area contributed by atoms with Gasteiger partial charge in [-0.1, -0.05) is 65.3 Å². The van der Waals surface area contributed by atoms with Crippen LogP contribution in [0.2, 0.25) is 0 Å². The van der Waals surface area contributed by atoms with E-state index in [1.807, 2.05) is 0 Å². The molecule has 164 valence electrons. The summed E-state index contributed by atoms with van der Waals surface area (Å²) in [6, 6.07) is 0. The van der Waals surface area contributed by atoms with Gasteiger partial charge < -0.3 is 5.11 Å². The quantitative estimate of drug-likeness (QED) is 0.489. The number of aliphatic hydroxyl groups excluding tert-OH is 1. The van der Waals surface area contributed by atoms with Gasteiger partial charge in [0.25, 0.3) is 0 Å². The van der Waals surface area contributed by atoms with Crippen molar-refractivity contribution in [3.05, 3.63) is 23.8 Å². The van der Waals surface area contributed by atoms with Crippen LogP contribution in [0.4, 0.5) is 0 Å². The highest BCUT2D eigenvalue weighted by molar-refractivity contribution is 5.25. The lowest BCUT2D eigenvalue weighted by atomic mass is 9.47. The van der Waals surface area contributed by atoms with Gasteiger partial charge in [-0.15, -0.1) is 0 Å². The summed E-state index contributed by atoms with van der Waals surface area (Å²) in [6.07, 6.45) is 17.7. The number of fused-ring (bicyclic) bond motifs is 5. The molecule has 0 aromatic heterocycles. The van der Waals surface area contributed by atoms with Gasteiger partial charge in [0.05, 0.1) is 6.10 Å². The van der Waals surface area contributed by atoms with Crippen molar-refractivity contribution in [3.63, 3.8) is 0 Å².